The van der Waals surface area contributed by atoms with E-state index >= 15 is 0 Å². The van der Waals surface area contributed by atoms with Crippen molar-refractivity contribution in [2.45, 2.75) is 142 Å². The third kappa shape index (κ3) is 25.9. The van der Waals surface area contributed by atoms with Crippen LogP contribution in [0.15, 0.2) is 0 Å². The number of hydrogen-bond donors (Lipinski definition) is 1. The summed E-state index contributed by atoms with van der Waals surface area (Å²) in [6, 6.07) is 0.593. The number of esters is 1. The summed E-state index contributed by atoms with van der Waals surface area (Å²) in [7, 11) is 0. The second kappa shape index (κ2) is 25.9. The van der Waals surface area contributed by atoms with Gasteiger partial charge in [0.1, 0.15) is 6.61 Å². The second-order valence-electron chi connectivity index (χ2n) is 8.52. The number of unbranched alkanes of at least 4 members (excludes halogenated alkanes) is 14. The van der Waals surface area contributed by atoms with Crippen LogP contribution >= 0.6 is 17.0 Å². The molecule has 0 radical (unpaired) electrons. The summed E-state index contributed by atoms with van der Waals surface area (Å²) in [4.78, 5) is 10.9. The Morgan fingerprint density at radius 1 is 0.690 bits per heavy atom. The van der Waals surface area contributed by atoms with E-state index in [0.29, 0.717) is 12.6 Å². The van der Waals surface area contributed by atoms with Crippen molar-refractivity contribution in [3.63, 3.8) is 0 Å². The number of carbonyl (C=O) groups excluding carboxylic acids is 1. The maximum atomic E-state index is 10.9. The molecule has 0 aliphatic heterocycles. The zero-order valence-electron chi connectivity index (χ0n) is 19.9. The fourth-order valence-corrected chi connectivity index (χ4v) is 3.86. The van der Waals surface area contributed by atoms with Crippen LogP contribution in [0.4, 0.5) is 0 Å². The molecular weight excluding hydrogens is 426 g/mol. The van der Waals surface area contributed by atoms with Gasteiger partial charge in [-0.3, -0.25) is 4.79 Å². The quantitative estimate of drug-likeness (QED) is 0.126. The van der Waals surface area contributed by atoms with Crippen molar-refractivity contribution in [2.24, 2.45) is 0 Å². The van der Waals surface area contributed by atoms with Crippen molar-refractivity contribution in [3.05, 3.63) is 0 Å². The van der Waals surface area contributed by atoms with Crippen LogP contribution < -0.4 is 5.32 Å². The van der Waals surface area contributed by atoms with Gasteiger partial charge >= 0.3 is 5.97 Å². The first-order chi connectivity index (χ1) is 13.7. The van der Waals surface area contributed by atoms with E-state index in [1.54, 1.807) is 0 Å². The molecular formula is C25H52BrNO2. The Morgan fingerprint density at radius 3 is 1.45 bits per heavy atom. The molecule has 29 heavy (non-hydrogen) atoms. The number of nitrogens with one attached hydrogen (secondary N) is 1. The zero-order chi connectivity index (χ0) is 20.7. The predicted molar refractivity (Wildman–Crippen MR) is 133 cm³/mol. The van der Waals surface area contributed by atoms with Gasteiger partial charge in [-0.05, 0) is 12.8 Å². The van der Waals surface area contributed by atoms with Crippen molar-refractivity contribution in [1.82, 2.24) is 5.32 Å². The largest absolute Gasteiger partial charge is 0.465 e. The van der Waals surface area contributed by atoms with E-state index in [-0.39, 0.29) is 23.0 Å². The lowest BCUT2D eigenvalue weighted by Gasteiger charge is -2.19. The van der Waals surface area contributed by atoms with Crippen LogP contribution in [-0.2, 0) is 9.53 Å². The third-order valence-corrected chi connectivity index (χ3v) is 5.65. The van der Waals surface area contributed by atoms with E-state index in [0.717, 1.165) is 6.54 Å². The molecule has 0 aromatic rings. The van der Waals surface area contributed by atoms with Crippen molar-refractivity contribution < 1.29 is 9.53 Å². The van der Waals surface area contributed by atoms with Gasteiger partial charge in [0, 0.05) is 19.5 Å². The Labute approximate surface area is 193 Å². The molecule has 0 bridgehead atoms. The molecule has 0 amide bonds. The average molecular weight is 479 g/mol. The number of halogens is 1. The van der Waals surface area contributed by atoms with Crippen LogP contribution in [0, 0.1) is 0 Å². The standard InChI is InChI=1S/C25H51NO2.BrH/c1-4-6-8-10-12-14-16-18-20-25(26-22-23-28-24(3)27)21-19-17-15-13-11-9-7-5-2;/h25-26H,4-23H2,1-3H3;1H. The summed E-state index contributed by atoms with van der Waals surface area (Å²) >= 11 is 0. The first-order valence-electron chi connectivity index (χ1n) is 12.6. The highest BCUT2D eigenvalue weighted by molar-refractivity contribution is 8.93. The lowest BCUT2D eigenvalue weighted by molar-refractivity contribution is -0.140. The highest BCUT2D eigenvalue weighted by Gasteiger charge is 2.08. The van der Waals surface area contributed by atoms with Crippen LogP contribution in [0.25, 0.3) is 0 Å². The molecule has 0 fully saturated rings. The van der Waals surface area contributed by atoms with Crippen molar-refractivity contribution in [1.29, 1.82) is 0 Å². The molecule has 0 saturated heterocycles. The van der Waals surface area contributed by atoms with Gasteiger partial charge in [0.05, 0.1) is 0 Å². The zero-order valence-corrected chi connectivity index (χ0v) is 21.7. The van der Waals surface area contributed by atoms with Gasteiger partial charge in [0.15, 0.2) is 0 Å². The maximum Gasteiger partial charge on any atom is 0.302 e. The number of hydrogen-bond acceptors (Lipinski definition) is 3. The number of ether oxygens (including phenoxy) is 1. The van der Waals surface area contributed by atoms with Crippen molar-refractivity contribution >= 4 is 23.0 Å². The van der Waals surface area contributed by atoms with Crippen LogP contribution in [0.3, 0.4) is 0 Å². The van der Waals surface area contributed by atoms with E-state index in [4.69, 9.17) is 4.74 Å². The molecule has 0 spiro atoms. The van der Waals surface area contributed by atoms with E-state index < -0.39 is 0 Å². The molecule has 0 aliphatic carbocycles. The minimum absolute atomic E-state index is 0. The van der Waals surface area contributed by atoms with Gasteiger partial charge in [-0.2, -0.15) is 0 Å². The molecule has 176 valence electrons. The summed E-state index contributed by atoms with van der Waals surface area (Å²) in [6.45, 7) is 7.33. The second-order valence-corrected chi connectivity index (χ2v) is 8.52. The summed E-state index contributed by atoms with van der Waals surface area (Å²) in [5, 5.41) is 3.64. The molecule has 4 heteroatoms. The Balaban J connectivity index is 0. The summed E-state index contributed by atoms with van der Waals surface area (Å²) in [5.41, 5.74) is 0. The SMILES string of the molecule is Br.CCCCCCCCCCC(CCCCCCCCCC)NCCOC(C)=O. The van der Waals surface area contributed by atoms with Crippen LogP contribution in [-0.4, -0.2) is 25.2 Å². The number of carbonyl (C=O) groups is 1. The Bertz CT molecular complexity index is 306. The van der Waals surface area contributed by atoms with Crippen LogP contribution in [0.5, 0.6) is 0 Å². The van der Waals surface area contributed by atoms with E-state index in [2.05, 4.69) is 19.2 Å². The van der Waals surface area contributed by atoms with Crippen molar-refractivity contribution in [2.75, 3.05) is 13.2 Å². The molecule has 0 rings (SSSR count). The highest BCUT2D eigenvalue weighted by atomic mass is 79.9. The van der Waals surface area contributed by atoms with E-state index in [1.165, 1.54) is 122 Å². The molecule has 0 unspecified atom stereocenters. The monoisotopic (exact) mass is 477 g/mol. The molecule has 3 nitrogen and oxygen atoms in total. The number of rotatable bonds is 22. The maximum absolute atomic E-state index is 10.9. The first-order valence-corrected chi connectivity index (χ1v) is 12.6. The molecule has 0 aromatic carbocycles. The molecule has 0 saturated carbocycles. The van der Waals surface area contributed by atoms with Gasteiger partial charge in [0.25, 0.3) is 0 Å². The van der Waals surface area contributed by atoms with Crippen LogP contribution in [0.1, 0.15) is 136 Å². The smallest absolute Gasteiger partial charge is 0.302 e. The molecule has 0 aliphatic rings. The molecule has 0 heterocycles. The minimum Gasteiger partial charge on any atom is -0.465 e. The van der Waals surface area contributed by atoms with Gasteiger partial charge in [-0.25, -0.2) is 0 Å². The van der Waals surface area contributed by atoms with Gasteiger partial charge in [-0.15, -0.1) is 17.0 Å². The fraction of sp³-hybridized carbons (Fsp3) is 0.960. The summed E-state index contributed by atoms with van der Waals surface area (Å²) in [6.07, 6.45) is 24.6. The third-order valence-electron chi connectivity index (χ3n) is 5.65. The Kier molecular flexibility index (Phi) is 27.8. The fourth-order valence-electron chi connectivity index (χ4n) is 3.86. The minimum atomic E-state index is -0.176. The topological polar surface area (TPSA) is 38.3 Å². The van der Waals surface area contributed by atoms with E-state index in [9.17, 15) is 4.79 Å². The highest BCUT2D eigenvalue weighted by Crippen LogP contribution is 2.15. The lowest BCUT2D eigenvalue weighted by Crippen LogP contribution is -2.32. The first kappa shape index (κ1) is 31.1. The Hall–Kier alpha value is -0.0900. The van der Waals surface area contributed by atoms with E-state index in [1.807, 2.05) is 0 Å². The predicted octanol–water partition coefficient (Wildman–Crippen LogP) is 8.15. The van der Waals surface area contributed by atoms with Crippen LogP contribution in [0.2, 0.25) is 0 Å². The van der Waals surface area contributed by atoms with Gasteiger partial charge in [0.2, 0.25) is 0 Å². The lowest BCUT2D eigenvalue weighted by atomic mass is 9.99. The van der Waals surface area contributed by atoms with Crippen molar-refractivity contribution in [3.8, 4) is 0 Å². The normalized spacial score (nSPS) is 10.9. The summed E-state index contributed by atoms with van der Waals surface area (Å²) in [5.74, 6) is -0.176. The average Bonchev–Trinajstić information content (AvgIpc) is 2.68. The Morgan fingerprint density at radius 2 is 1.07 bits per heavy atom. The van der Waals surface area contributed by atoms with Gasteiger partial charge in [-0.1, -0.05) is 117 Å². The molecule has 0 atom stereocenters. The summed E-state index contributed by atoms with van der Waals surface area (Å²) < 4.78 is 5.07. The molecule has 1 N–H and O–H groups in total. The van der Waals surface area contributed by atoms with Gasteiger partial charge < -0.3 is 10.1 Å². The molecule has 0 aromatic heterocycles.